The zero-order valence-corrected chi connectivity index (χ0v) is 12.0. The highest BCUT2D eigenvalue weighted by atomic mass is 16.1. The van der Waals surface area contributed by atoms with E-state index in [2.05, 4.69) is 4.98 Å². The van der Waals surface area contributed by atoms with E-state index in [1.807, 2.05) is 72.8 Å². The van der Waals surface area contributed by atoms with Crippen LogP contribution in [-0.4, -0.2) is 10.8 Å². The molecule has 0 saturated carbocycles. The van der Waals surface area contributed by atoms with Crippen molar-refractivity contribution in [1.82, 2.24) is 4.98 Å². The Bertz CT molecular complexity index is 792. The number of rotatable bonds is 4. The average molecular weight is 285 g/mol. The molecule has 0 saturated heterocycles. The zero-order chi connectivity index (χ0) is 15.2. The van der Waals surface area contributed by atoms with Gasteiger partial charge in [0.25, 0.3) is 0 Å². The highest BCUT2D eigenvalue weighted by Crippen LogP contribution is 2.16. The van der Waals surface area contributed by atoms with Crippen molar-refractivity contribution in [2.75, 3.05) is 0 Å². The van der Waals surface area contributed by atoms with Crippen LogP contribution in [0.25, 0.3) is 12.2 Å². The van der Waals surface area contributed by atoms with Crippen LogP contribution in [0.15, 0.2) is 79.0 Å². The van der Waals surface area contributed by atoms with Crippen LogP contribution in [0.5, 0.6) is 0 Å². The third-order valence-corrected chi connectivity index (χ3v) is 3.36. The van der Waals surface area contributed by atoms with E-state index in [9.17, 15) is 4.79 Å². The Morgan fingerprint density at radius 1 is 0.773 bits per heavy atom. The monoisotopic (exact) mass is 285 g/mol. The van der Waals surface area contributed by atoms with E-state index in [-0.39, 0.29) is 5.78 Å². The predicted molar refractivity (Wildman–Crippen MR) is 89.5 cm³/mol. The molecular weight excluding hydrogens is 270 g/mol. The van der Waals surface area contributed by atoms with Gasteiger partial charge in [0.05, 0.1) is 0 Å². The van der Waals surface area contributed by atoms with Crippen LogP contribution in [0.1, 0.15) is 27.2 Å². The molecule has 0 aliphatic rings. The minimum absolute atomic E-state index is 0.0612. The average Bonchev–Trinajstić information content (AvgIpc) is 2.61. The molecule has 2 nitrogen and oxygen atoms in total. The number of benzene rings is 2. The molecule has 0 spiro atoms. The molecule has 3 aromatic rings. The van der Waals surface area contributed by atoms with Crippen LogP contribution in [0, 0.1) is 0 Å². The van der Waals surface area contributed by atoms with Crippen molar-refractivity contribution in [3.63, 3.8) is 0 Å². The van der Waals surface area contributed by atoms with Gasteiger partial charge >= 0.3 is 0 Å². The summed E-state index contributed by atoms with van der Waals surface area (Å²) in [6.45, 7) is 0. The quantitative estimate of drug-likeness (QED) is 0.522. The van der Waals surface area contributed by atoms with Crippen molar-refractivity contribution in [2.45, 2.75) is 0 Å². The van der Waals surface area contributed by atoms with E-state index >= 15 is 0 Å². The van der Waals surface area contributed by atoms with Gasteiger partial charge in [-0.2, -0.15) is 0 Å². The standard InChI is InChI=1S/C20H15NO/c22-20(19-12-6-7-15-21-19)18-11-5-4-10-17(18)14-13-16-8-2-1-3-9-16/h1-15H/b14-13+. The Kier molecular flexibility index (Phi) is 4.21. The number of pyridine rings is 1. The van der Waals surface area contributed by atoms with Crippen molar-refractivity contribution >= 4 is 17.9 Å². The lowest BCUT2D eigenvalue weighted by molar-refractivity contribution is 0.103. The van der Waals surface area contributed by atoms with Gasteiger partial charge in [0.2, 0.25) is 5.78 Å². The van der Waals surface area contributed by atoms with E-state index in [0.29, 0.717) is 11.3 Å². The summed E-state index contributed by atoms with van der Waals surface area (Å²) in [6, 6.07) is 23.0. The lowest BCUT2D eigenvalue weighted by Crippen LogP contribution is -2.05. The summed E-state index contributed by atoms with van der Waals surface area (Å²) in [6.07, 6.45) is 5.60. The van der Waals surface area contributed by atoms with Gasteiger partial charge in [-0.1, -0.05) is 72.8 Å². The Morgan fingerprint density at radius 2 is 1.50 bits per heavy atom. The maximum Gasteiger partial charge on any atom is 0.211 e. The summed E-state index contributed by atoms with van der Waals surface area (Å²) in [5, 5.41) is 0. The largest absolute Gasteiger partial charge is 0.287 e. The van der Waals surface area contributed by atoms with Gasteiger partial charge in [-0.25, -0.2) is 0 Å². The molecule has 2 aromatic carbocycles. The summed E-state index contributed by atoms with van der Waals surface area (Å²) in [4.78, 5) is 16.7. The minimum Gasteiger partial charge on any atom is -0.287 e. The molecule has 22 heavy (non-hydrogen) atoms. The molecule has 0 atom stereocenters. The molecule has 106 valence electrons. The molecule has 1 heterocycles. The number of nitrogens with zero attached hydrogens (tertiary/aromatic N) is 1. The van der Waals surface area contributed by atoms with Crippen LogP contribution in [0.4, 0.5) is 0 Å². The number of hydrogen-bond acceptors (Lipinski definition) is 2. The van der Waals surface area contributed by atoms with Crippen LogP contribution in [-0.2, 0) is 0 Å². The van der Waals surface area contributed by atoms with Crippen molar-refractivity contribution in [3.05, 3.63) is 101 Å². The van der Waals surface area contributed by atoms with Crippen LogP contribution < -0.4 is 0 Å². The van der Waals surface area contributed by atoms with Crippen molar-refractivity contribution < 1.29 is 4.79 Å². The summed E-state index contributed by atoms with van der Waals surface area (Å²) < 4.78 is 0. The molecule has 0 radical (unpaired) electrons. The van der Waals surface area contributed by atoms with Crippen LogP contribution >= 0.6 is 0 Å². The minimum atomic E-state index is -0.0612. The Labute approximate surface area is 129 Å². The second-order valence-corrected chi connectivity index (χ2v) is 4.88. The molecule has 2 heteroatoms. The first-order valence-corrected chi connectivity index (χ1v) is 7.12. The van der Waals surface area contributed by atoms with Gasteiger partial charge in [0.1, 0.15) is 5.69 Å². The number of carbonyl (C=O) groups excluding carboxylic acids is 1. The normalized spacial score (nSPS) is 10.7. The zero-order valence-electron chi connectivity index (χ0n) is 12.0. The molecule has 0 amide bonds. The Hall–Kier alpha value is -3.00. The fraction of sp³-hybridized carbons (Fsp3) is 0. The maximum absolute atomic E-state index is 12.6. The van der Waals surface area contributed by atoms with Gasteiger partial charge in [0.15, 0.2) is 0 Å². The molecular formula is C20H15NO. The van der Waals surface area contributed by atoms with Gasteiger partial charge in [0, 0.05) is 11.8 Å². The third-order valence-electron chi connectivity index (χ3n) is 3.36. The molecule has 0 fully saturated rings. The van der Waals surface area contributed by atoms with Crippen LogP contribution in [0.3, 0.4) is 0 Å². The van der Waals surface area contributed by atoms with Gasteiger partial charge in [-0.05, 0) is 23.3 Å². The van der Waals surface area contributed by atoms with E-state index in [1.165, 1.54) is 0 Å². The van der Waals surface area contributed by atoms with Crippen molar-refractivity contribution in [2.24, 2.45) is 0 Å². The van der Waals surface area contributed by atoms with E-state index < -0.39 is 0 Å². The summed E-state index contributed by atoms with van der Waals surface area (Å²) in [5.41, 5.74) is 3.11. The maximum atomic E-state index is 12.6. The first-order chi connectivity index (χ1) is 10.8. The smallest absolute Gasteiger partial charge is 0.211 e. The summed E-state index contributed by atoms with van der Waals surface area (Å²) >= 11 is 0. The van der Waals surface area contributed by atoms with Crippen molar-refractivity contribution in [3.8, 4) is 0 Å². The van der Waals surface area contributed by atoms with E-state index in [4.69, 9.17) is 0 Å². The predicted octanol–water partition coefficient (Wildman–Crippen LogP) is 4.48. The molecule has 0 aliphatic heterocycles. The highest BCUT2D eigenvalue weighted by molar-refractivity contribution is 6.10. The van der Waals surface area contributed by atoms with Gasteiger partial charge in [-0.15, -0.1) is 0 Å². The lowest BCUT2D eigenvalue weighted by Gasteiger charge is -2.04. The van der Waals surface area contributed by atoms with Gasteiger partial charge in [-0.3, -0.25) is 9.78 Å². The fourth-order valence-corrected chi connectivity index (χ4v) is 2.23. The molecule has 0 bridgehead atoms. The number of ketones is 1. The Balaban J connectivity index is 1.94. The van der Waals surface area contributed by atoms with E-state index in [0.717, 1.165) is 11.1 Å². The second-order valence-electron chi connectivity index (χ2n) is 4.88. The third kappa shape index (κ3) is 3.18. The lowest BCUT2D eigenvalue weighted by atomic mass is 10.0. The first kappa shape index (κ1) is 14.0. The topological polar surface area (TPSA) is 30.0 Å². The first-order valence-electron chi connectivity index (χ1n) is 7.12. The highest BCUT2D eigenvalue weighted by Gasteiger charge is 2.12. The second kappa shape index (κ2) is 6.64. The number of hydrogen-bond donors (Lipinski definition) is 0. The summed E-state index contributed by atoms with van der Waals surface area (Å²) in [7, 11) is 0. The fourth-order valence-electron chi connectivity index (χ4n) is 2.23. The molecule has 3 rings (SSSR count). The number of aromatic nitrogens is 1. The van der Waals surface area contributed by atoms with Crippen LogP contribution in [0.2, 0.25) is 0 Å². The molecule has 0 N–H and O–H groups in total. The number of carbonyl (C=O) groups is 1. The molecule has 0 unspecified atom stereocenters. The van der Waals surface area contributed by atoms with Crippen molar-refractivity contribution in [1.29, 1.82) is 0 Å². The molecule has 1 aromatic heterocycles. The Morgan fingerprint density at radius 3 is 2.27 bits per heavy atom. The SMILES string of the molecule is O=C(c1ccccn1)c1ccccc1/C=C/c1ccccc1. The molecule has 0 aliphatic carbocycles. The van der Waals surface area contributed by atoms with Gasteiger partial charge < -0.3 is 0 Å². The van der Waals surface area contributed by atoms with E-state index in [1.54, 1.807) is 18.3 Å². The summed E-state index contributed by atoms with van der Waals surface area (Å²) in [5.74, 6) is -0.0612.